The van der Waals surface area contributed by atoms with Crippen LogP contribution >= 0.6 is 11.3 Å². The van der Waals surface area contributed by atoms with E-state index < -0.39 is 0 Å². The first-order valence-electron chi connectivity index (χ1n) is 15.9. The van der Waals surface area contributed by atoms with Crippen LogP contribution in [0.2, 0.25) is 0 Å². The fourth-order valence-corrected chi connectivity index (χ4v) is 7.49. The number of piperidine rings is 3. The molecular formula is C34H44N4O5S. The second-order valence-electron chi connectivity index (χ2n) is 11.8. The second-order valence-corrected chi connectivity index (χ2v) is 12.9. The van der Waals surface area contributed by atoms with E-state index in [1.165, 1.54) is 32.4 Å². The zero-order valence-corrected chi connectivity index (χ0v) is 26.8. The van der Waals surface area contributed by atoms with Crippen molar-refractivity contribution in [2.75, 3.05) is 58.4 Å². The summed E-state index contributed by atoms with van der Waals surface area (Å²) in [6.45, 7) is 5.55. The number of nitriles is 1. The summed E-state index contributed by atoms with van der Waals surface area (Å²) in [5, 5.41) is 10.9. The molecule has 4 heterocycles. The summed E-state index contributed by atoms with van der Waals surface area (Å²) in [6, 6.07) is 12.5. The van der Waals surface area contributed by atoms with E-state index in [0.717, 1.165) is 67.3 Å². The number of rotatable bonds is 10. The van der Waals surface area contributed by atoms with Crippen molar-refractivity contribution >= 4 is 39.9 Å². The molecule has 0 aliphatic carbocycles. The van der Waals surface area contributed by atoms with E-state index in [-0.39, 0.29) is 30.8 Å². The summed E-state index contributed by atoms with van der Waals surface area (Å²) >= 11 is 1.63. The largest absolute Gasteiger partial charge is 0.493 e. The molecule has 10 heteroatoms. The lowest BCUT2D eigenvalue weighted by molar-refractivity contribution is -0.152. The number of benzene rings is 1. The highest BCUT2D eigenvalue weighted by Crippen LogP contribution is 2.34. The van der Waals surface area contributed by atoms with Gasteiger partial charge in [0.1, 0.15) is 6.10 Å². The van der Waals surface area contributed by atoms with E-state index in [1.807, 2.05) is 29.2 Å². The maximum absolute atomic E-state index is 12.8. The average molecular weight is 621 g/mol. The molecule has 0 spiro atoms. The number of esters is 1. The first kappa shape index (κ1) is 31.9. The third kappa shape index (κ3) is 8.13. The van der Waals surface area contributed by atoms with Gasteiger partial charge in [-0.1, -0.05) is 6.42 Å². The predicted octanol–water partition coefficient (Wildman–Crippen LogP) is 5.60. The van der Waals surface area contributed by atoms with Gasteiger partial charge in [-0.05, 0) is 80.7 Å². The summed E-state index contributed by atoms with van der Waals surface area (Å²) < 4.78 is 16.5. The van der Waals surface area contributed by atoms with Crippen molar-refractivity contribution in [3.05, 3.63) is 40.8 Å². The number of thiophene rings is 1. The van der Waals surface area contributed by atoms with Gasteiger partial charge in [0.2, 0.25) is 5.91 Å². The molecule has 2 aromatic rings. The Morgan fingerprint density at radius 2 is 1.64 bits per heavy atom. The molecule has 0 saturated carbocycles. The molecular weight excluding hydrogens is 576 g/mol. The Bertz CT molecular complexity index is 1350. The molecule has 5 rings (SSSR count). The number of amides is 1. The Morgan fingerprint density at radius 1 is 0.909 bits per heavy atom. The Kier molecular flexibility index (Phi) is 11.2. The third-order valence-corrected chi connectivity index (χ3v) is 10.1. The van der Waals surface area contributed by atoms with Crippen LogP contribution in [0.3, 0.4) is 0 Å². The minimum absolute atomic E-state index is 0.0714. The molecule has 1 amide bonds. The summed E-state index contributed by atoms with van der Waals surface area (Å²) in [5.74, 6) is 0.995. The molecule has 1 aromatic heterocycles. The lowest BCUT2D eigenvalue weighted by Gasteiger charge is -2.40. The fourth-order valence-electron chi connectivity index (χ4n) is 6.49. The van der Waals surface area contributed by atoms with Crippen LogP contribution in [0.4, 0.5) is 5.00 Å². The highest BCUT2D eigenvalue weighted by molar-refractivity contribution is 7.17. The van der Waals surface area contributed by atoms with Gasteiger partial charge in [-0.3, -0.25) is 9.59 Å². The molecule has 0 N–H and O–H groups in total. The summed E-state index contributed by atoms with van der Waals surface area (Å²) in [4.78, 5) is 33.2. The van der Waals surface area contributed by atoms with Gasteiger partial charge in [0.05, 0.1) is 37.3 Å². The summed E-state index contributed by atoms with van der Waals surface area (Å²) in [5.41, 5.74) is 1.31. The standard InChI is InChI=1S/C34H44N4O5S/c1-41-30-8-6-25(23-31(30)42-2)26(24-35)22-29-7-10-33(44-29)38-20-14-28(15-21-38)43-34(40)11-9-32(39)37-18-12-27(13-19-37)36-16-4-3-5-17-36/h6-8,10,22-23,27-28H,3-5,9,11-21H2,1-2H3. The topological polar surface area (TPSA) is 95.3 Å². The number of anilines is 1. The zero-order chi connectivity index (χ0) is 30.9. The fraction of sp³-hybridized carbons (Fsp3) is 0.559. The molecule has 1 aromatic carbocycles. The van der Waals surface area contributed by atoms with Crippen LogP contribution < -0.4 is 14.4 Å². The SMILES string of the molecule is COc1ccc(C(C#N)=Cc2ccc(N3CCC(OC(=O)CCC(=O)N4CCC(N5CCCCC5)CC4)CC3)s2)cc1OC. The molecule has 236 valence electrons. The van der Waals surface area contributed by atoms with Crippen molar-refractivity contribution in [1.82, 2.24) is 9.80 Å². The van der Waals surface area contributed by atoms with E-state index in [0.29, 0.717) is 23.1 Å². The Morgan fingerprint density at radius 3 is 2.32 bits per heavy atom. The number of likely N-dealkylation sites (tertiary alicyclic amines) is 2. The van der Waals surface area contributed by atoms with Crippen LogP contribution in [-0.4, -0.2) is 87.3 Å². The molecule has 0 atom stereocenters. The van der Waals surface area contributed by atoms with Crippen LogP contribution in [0, 0.1) is 11.3 Å². The molecule has 3 aliphatic heterocycles. The molecule has 44 heavy (non-hydrogen) atoms. The minimum Gasteiger partial charge on any atom is -0.493 e. The van der Waals surface area contributed by atoms with E-state index in [1.54, 1.807) is 31.6 Å². The van der Waals surface area contributed by atoms with E-state index in [2.05, 4.69) is 21.9 Å². The van der Waals surface area contributed by atoms with Gasteiger partial charge in [0.25, 0.3) is 0 Å². The van der Waals surface area contributed by atoms with Gasteiger partial charge in [-0.2, -0.15) is 5.26 Å². The van der Waals surface area contributed by atoms with Crippen molar-refractivity contribution in [2.45, 2.75) is 69.9 Å². The van der Waals surface area contributed by atoms with Crippen LogP contribution in [0.1, 0.15) is 68.2 Å². The van der Waals surface area contributed by atoms with Crippen molar-refractivity contribution in [1.29, 1.82) is 5.26 Å². The Labute approximate surface area is 265 Å². The Balaban J connectivity index is 1.04. The van der Waals surface area contributed by atoms with Crippen LogP contribution in [0.15, 0.2) is 30.3 Å². The lowest BCUT2D eigenvalue weighted by atomic mass is 9.99. The number of nitrogens with zero attached hydrogens (tertiary/aromatic N) is 4. The summed E-state index contributed by atoms with van der Waals surface area (Å²) in [6.07, 6.45) is 9.64. The van der Waals surface area contributed by atoms with Crippen LogP contribution in [0.25, 0.3) is 11.6 Å². The van der Waals surface area contributed by atoms with Gasteiger partial charge >= 0.3 is 5.97 Å². The number of hydrogen-bond acceptors (Lipinski definition) is 9. The molecule has 3 aliphatic rings. The average Bonchev–Trinajstić information content (AvgIpc) is 3.55. The highest BCUT2D eigenvalue weighted by atomic mass is 32.1. The Hall–Kier alpha value is -3.55. The zero-order valence-electron chi connectivity index (χ0n) is 26.0. The minimum atomic E-state index is -0.275. The first-order chi connectivity index (χ1) is 21.5. The molecule has 0 radical (unpaired) electrons. The molecule has 9 nitrogen and oxygen atoms in total. The predicted molar refractivity (Wildman–Crippen MR) is 173 cm³/mol. The number of ether oxygens (including phenoxy) is 3. The lowest BCUT2D eigenvalue weighted by Crippen LogP contribution is -2.48. The van der Waals surface area contributed by atoms with Crippen molar-refractivity contribution < 1.29 is 23.8 Å². The van der Waals surface area contributed by atoms with Gasteiger partial charge in [0.15, 0.2) is 11.5 Å². The van der Waals surface area contributed by atoms with Crippen molar-refractivity contribution in [3.8, 4) is 17.6 Å². The van der Waals surface area contributed by atoms with E-state index in [4.69, 9.17) is 14.2 Å². The third-order valence-electron chi connectivity index (χ3n) is 9.03. The summed E-state index contributed by atoms with van der Waals surface area (Å²) in [7, 11) is 3.16. The van der Waals surface area contributed by atoms with Crippen molar-refractivity contribution in [2.24, 2.45) is 0 Å². The van der Waals surface area contributed by atoms with Crippen LogP contribution in [-0.2, 0) is 14.3 Å². The molecule has 0 unspecified atom stereocenters. The van der Waals surface area contributed by atoms with Gasteiger partial charge < -0.3 is 28.9 Å². The monoisotopic (exact) mass is 620 g/mol. The maximum Gasteiger partial charge on any atom is 0.306 e. The number of carbonyl (C=O) groups is 2. The number of methoxy groups -OCH3 is 2. The first-order valence-corrected chi connectivity index (χ1v) is 16.7. The quantitative estimate of drug-likeness (QED) is 0.250. The number of allylic oxidation sites excluding steroid dienone is 1. The number of hydrogen-bond donors (Lipinski definition) is 0. The smallest absolute Gasteiger partial charge is 0.306 e. The molecule has 3 fully saturated rings. The van der Waals surface area contributed by atoms with Crippen LogP contribution in [0.5, 0.6) is 11.5 Å². The van der Waals surface area contributed by atoms with Gasteiger partial charge in [0, 0.05) is 56.4 Å². The van der Waals surface area contributed by atoms with Crippen molar-refractivity contribution in [3.63, 3.8) is 0 Å². The molecule has 3 saturated heterocycles. The number of carbonyl (C=O) groups excluding carboxylic acids is 2. The molecule has 0 bridgehead atoms. The van der Waals surface area contributed by atoms with E-state index in [9.17, 15) is 14.9 Å². The van der Waals surface area contributed by atoms with Gasteiger partial charge in [-0.25, -0.2) is 0 Å². The normalized spacial score (nSPS) is 19.0. The van der Waals surface area contributed by atoms with E-state index >= 15 is 0 Å². The second kappa shape index (κ2) is 15.4. The maximum atomic E-state index is 12.8. The van der Waals surface area contributed by atoms with Gasteiger partial charge in [-0.15, -0.1) is 11.3 Å². The highest BCUT2D eigenvalue weighted by Gasteiger charge is 2.28.